The summed E-state index contributed by atoms with van der Waals surface area (Å²) in [6.07, 6.45) is 0. The van der Waals surface area contributed by atoms with Crippen molar-refractivity contribution in [2.75, 3.05) is 13.2 Å². The van der Waals surface area contributed by atoms with Crippen LogP contribution in [0.5, 0.6) is 0 Å². The van der Waals surface area contributed by atoms with Gasteiger partial charge in [0.2, 0.25) is 0 Å². The Morgan fingerprint density at radius 1 is 1.00 bits per heavy atom. The molecule has 7 heteroatoms. The van der Waals surface area contributed by atoms with E-state index in [-0.39, 0.29) is 36.6 Å². The van der Waals surface area contributed by atoms with Crippen molar-refractivity contribution < 1.29 is 9.47 Å². The van der Waals surface area contributed by atoms with Gasteiger partial charge in [0, 0.05) is 0 Å². The molecular weight excluding hydrogens is 405 g/mol. The average molecular weight is 422 g/mol. The molecule has 0 aliphatic carbocycles. The van der Waals surface area contributed by atoms with Gasteiger partial charge in [-0.1, -0.05) is 0 Å². The summed E-state index contributed by atoms with van der Waals surface area (Å²) in [5.74, 6) is 0. The third kappa shape index (κ3) is 32.9. The maximum atomic E-state index is 4.91. The monoisotopic (exact) mass is 422 g/mol. The van der Waals surface area contributed by atoms with Gasteiger partial charge >= 0.3 is 26.2 Å². The Kier molecular flexibility index (Phi) is 21.5. The van der Waals surface area contributed by atoms with Crippen molar-refractivity contribution in [2.24, 2.45) is 11.5 Å². The van der Waals surface area contributed by atoms with Gasteiger partial charge in [0.05, 0.1) is 13.2 Å². The minimum absolute atomic E-state index is 0. The second kappa shape index (κ2) is 14.8. The van der Waals surface area contributed by atoms with Crippen LogP contribution in [-0.4, -0.2) is 49.8 Å². The third-order valence-electron chi connectivity index (χ3n) is 0.573. The standard InChI is InChI=1S/2C3H7NOS.Bi.3H/c2*1-2-5-3(4)6;;;;/h2*2H2,1H3,(H2,4,6);;;;. The van der Waals surface area contributed by atoms with E-state index in [1.54, 1.807) is 0 Å². The predicted molar refractivity (Wildman–Crippen MR) is 66.8 cm³/mol. The molecular formula is C6H17BiN2O2S2. The zero-order valence-corrected chi connectivity index (χ0v) is 15.0. The van der Waals surface area contributed by atoms with E-state index in [2.05, 4.69) is 33.9 Å². The number of nitrogens with two attached hydrogens (primary N) is 2. The van der Waals surface area contributed by atoms with E-state index in [0.29, 0.717) is 13.2 Å². The predicted octanol–water partition coefficient (Wildman–Crippen LogP) is -0.651. The third-order valence-corrected chi connectivity index (χ3v) is 0.809. The Labute approximate surface area is 108 Å². The van der Waals surface area contributed by atoms with E-state index in [4.69, 9.17) is 11.5 Å². The first-order valence-corrected chi connectivity index (χ1v) is 4.20. The molecule has 0 saturated heterocycles. The molecule has 0 spiro atoms. The molecule has 0 saturated carbocycles. The zero-order chi connectivity index (χ0) is 9.98. The molecule has 0 amide bonds. The van der Waals surface area contributed by atoms with Crippen LogP contribution in [-0.2, 0) is 9.47 Å². The van der Waals surface area contributed by atoms with Gasteiger partial charge in [0.15, 0.2) is 0 Å². The van der Waals surface area contributed by atoms with Crippen LogP contribution >= 0.6 is 24.4 Å². The Morgan fingerprint density at radius 2 is 1.23 bits per heavy atom. The quantitative estimate of drug-likeness (QED) is 0.456. The normalized spacial score (nSPS) is 6.92. The fourth-order valence-corrected chi connectivity index (χ4v) is 0.520. The first-order valence-electron chi connectivity index (χ1n) is 3.39. The van der Waals surface area contributed by atoms with Gasteiger partial charge < -0.3 is 20.9 Å². The Morgan fingerprint density at radius 3 is 1.23 bits per heavy atom. The summed E-state index contributed by atoms with van der Waals surface area (Å²) < 4.78 is 9.10. The van der Waals surface area contributed by atoms with Crippen LogP contribution in [0.1, 0.15) is 13.8 Å². The fourth-order valence-electron chi connectivity index (χ4n) is 0.285. The van der Waals surface area contributed by atoms with Crippen LogP contribution in [0, 0.1) is 0 Å². The average Bonchev–Trinajstić information content (AvgIpc) is 1.87. The van der Waals surface area contributed by atoms with Crippen molar-refractivity contribution in [3.05, 3.63) is 0 Å². The first kappa shape index (κ1) is 18.9. The Hall–Kier alpha value is 0.263. The molecule has 0 rings (SSSR count). The van der Waals surface area contributed by atoms with Gasteiger partial charge in [0.25, 0.3) is 10.3 Å². The van der Waals surface area contributed by atoms with Crippen molar-refractivity contribution in [3.63, 3.8) is 0 Å². The zero-order valence-electron chi connectivity index (χ0n) is 7.91. The number of hydrogen-bond donors (Lipinski definition) is 2. The van der Waals surface area contributed by atoms with Gasteiger partial charge in [0.1, 0.15) is 0 Å². The molecule has 0 aliphatic rings. The molecule has 0 fully saturated rings. The van der Waals surface area contributed by atoms with Crippen molar-refractivity contribution in [1.82, 2.24) is 0 Å². The molecule has 0 unspecified atom stereocenters. The van der Waals surface area contributed by atoms with Crippen LogP contribution in [0.25, 0.3) is 0 Å². The topological polar surface area (TPSA) is 70.5 Å². The van der Waals surface area contributed by atoms with Crippen LogP contribution in [0.15, 0.2) is 0 Å². The van der Waals surface area contributed by atoms with Crippen LogP contribution in [0.4, 0.5) is 0 Å². The number of rotatable bonds is 2. The summed E-state index contributed by atoms with van der Waals surface area (Å²) in [5, 5.41) is 0.245. The van der Waals surface area contributed by atoms with E-state index >= 15 is 0 Å². The molecule has 0 bridgehead atoms. The van der Waals surface area contributed by atoms with E-state index in [0.717, 1.165) is 0 Å². The molecule has 4 nitrogen and oxygen atoms in total. The van der Waals surface area contributed by atoms with Gasteiger partial charge in [-0.2, -0.15) is 0 Å². The summed E-state index contributed by atoms with van der Waals surface area (Å²) in [4.78, 5) is 0. The van der Waals surface area contributed by atoms with Gasteiger partial charge in [-0.3, -0.25) is 0 Å². The first-order chi connectivity index (χ1) is 5.54. The van der Waals surface area contributed by atoms with E-state index in [1.807, 2.05) is 13.8 Å². The van der Waals surface area contributed by atoms with Crippen molar-refractivity contribution in [3.8, 4) is 0 Å². The number of ether oxygens (including phenoxy) is 2. The number of hydrogen-bond acceptors (Lipinski definition) is 4. The maximum absolute atomic E-state index is 4.91. The van der Waals surface area contributed by atoms with Crippen LogP contribution in [0.3, 0.4) is 0 Å². The van der Waals surface area contributed by atoms with Crippen molar-refractivity contribution in [2.45, 2.75) is 13.8 Å². The molecule has 0 aromatic heterocycles. The minimum atomic E-state index is 0. The summed E-state index contributed by atoms with van der Waals surface area (Å²) in [6, 6.07) is 0. The van der Waals surface area contributed by atoms with E-state index in [1.165, 1.54) is 0 Å². The molecule has 13 heavy (non-hydrogen) atoms. The summed E-state index contributed by atoms with van der Waals surface area (Å²) in [5.41, 5.74) is 9.82. The summed E-state index contributed by atoms with van der Waals surface area (Å²) in [6.45, 7) is 4.79. The molecule has 0 heterocycles. The van der Waals surface area contributed by atoms with Crippen LogP contribution in [0.2, 0.25) is 0 Å². The van der Waals surface area contributed by atoms with Crippen molar-refractivity contribution >= 4 is 61.0 Å². The fraction of sp³-hybridized carbons (Fsp3) is 0.667. The second-order valence-electron chi connectivity index (χ2n) is 1.50. The van der Waals surface area contributed by atoms with Crippen molar-refractivity contribution in [1.29, 1.82) is 0 Å². The SMILES string of the molecule is CCOC(N)=S.CCOC(N)=S.[BiH3]. The molecule has 0 aliphatic heterocycles. The molecule has 0 aromatic carbocycles. The van der Waals surface area contributed by atoms with E-state index < -0.39 is 0 Å². The van der Waals surface area contributed by atoms with Gasteiger partial charge in [-0.25, -0.2) is 0 Å². The molecule has 0 radical (unpaired) electrons. The van der Waals surface area contributed by atoms with Crippen LogP contribution < -0.4 is 11.5 Å². The molecule has 80 valence electrons. The molecule has 0 atom stereocenters. The number of thiocarbonyl (C=S) groups is 2. The molecule has 4 N–H and O–H groups in total. The second-order valence-corrected chi connectivity index (χ2v) is 2.31. The van der Waals surface area contributed by atoms with Gasteiger partial charge in [-0.05, 0) is 38.3 Å². The summed E-state index contributed by atoms with van der Waals surface area (Å²) in [7, 11) is 0. The van der Waals surface area contributed by atoms with Gasteiger partial charge in [-0.15, -0.1) is 0 Å². The molecule has 0 aromatic rings. The van der Waals surface area contributed by atoms with E-state index in [9.17, 15) is 0 Å². The Bertz CT molecular complexity index is 131. The summed E-state index contributed by atoms with van der Waals surface area (Å²) >= 11 is 8.70. The Balaban J connectivity index is -0.000000143.